The van der Waals surface area contributed by atoms with Crippen LogP contribution in [-0.4, -0.2) is 10.2 Å². The van der Waals surface area contributed by atoms with E-state index < -0.39 is 5.60 Å². The zero-order valence-corrected chi connectivity index (χ0v) is 8.89. The van der Waals surface area contributed by atoms with Crippen LogP contribution in [0.15, 0.2) is 6.07 Å². The first kappa shape index (κ1) is 9.53. The van der Waals surface area contributed by atoms with Crippen molar-refractivity contribution in [2.75, 3.05) is 0 Å². The van der Waals surface area contributed by atoms with Crippen molar-refractivity contribution in [2.24, 2.45) is 0 Å². The van der Waals surface area contributed by atoms with Crippen LogP contribution in [0.5, 0.6) is 5.75 Å². The van der Waals surface area contributed by atoms with Crippen molar-refractivity contribution < 1.29 is 10.2 Å². The highest BCUT2D eigenvalue weighted by molar-refractivity contribution is 5.51. The number of hydrogen-bond donors (Lipinski definition) is 2. The Morgan fingerprint density at radius 1 is 1.14 bits per heavy atom. The molecule has 0 aromatic heterocycles. The normalized spacial score (nSPS) is 18.3. The lowest BCUT2D eigenvalue weighted by Crippen LogP contribution is -2.08. The number of benzene rings is 1. The van der Waals surface area contributed by atoms with Gasteiger partial charge in [-0.2, -0.15) is 0 Å². The highest BCUT2D eigenvalue weighted by Crippen LogP contribution is 2.48. The lowest BCUT2D eigenvalue weighted by Gasteiger charge is -2.16. The summed E-state index contributed by atoms with van der Waals surface area (Å²) in [6.07, 6.45) is 1.69. The summed E-state index contributed by atoms with van der Waals surface area (Å²) < 4.78 is 0. The first-order chi connectivity index (χ1) is 6.46. The van der Waals surface area contributed by atoms with Crippen LogP contribution in [0.2, 0.25) is 0 Å². The van der Waals surface area contributed by atoms with Crippen molar-refractivity contribution >= 4 is 0 Å². The van der Waals surface area contributed by atoms with E-state index in [2.05, 4.69) is 0 Å². The molecular weight excluding hydrogens is 176 g/mol. The van der Waals surface area contributed by atoms with Gasteiger partial charge in [-0.1, -0.05) is 0 Å². The fourth-order valence-electron chi connectivity index (χ4n) is 1.94. The van der Waals surface area contributed by atoms with Crippen LogP contribution in [0.25, 0.3) is 0 Å². The fraction of sp³-hybridized carbons (Fsp3) is 0.500. The molecule has 1 fully saturated rings. The van der Waals surface area contributed by atoms with Crippen LogP contribution in [0.4, 0.5) is 0 Å². The molecule has 0 saturated heterocycles. The van der Waals surface area contributed by atoms with Gasteiger partial charge >= 0.3 is 0 Å². The highest BCUT2D eigenvalue weighted by Gasteiger charge is 2.43. The Hall–Kier alpha value is -1.02. The van der Waals surface area contributed by atoms with Crippen LogP contribution in [0.1, 0.15) is 35.1 Å². The highest BCUT2D eigenvalue weighted by atomic mass is 16.3. The van der Waals surface area contributed by atoms with Gasteiger partial charge in [0, 0.05) is 0 Å². The van der Waals surface area contributed by atoms with Crippen LogP contribution in [0, 0.1) is 20.8 Å². The lowest BCUT2D eigenvalue weighted by molar-refractivity contribution is 0.150. The van der Waals surface area contributed by atoms with Crippen molar-refractivity contribution in [3.63, 3.8) is 0 Å². The standard InChI is InChI=1S/C12H16O2/c1-7-6-10(12(14)4-5-12)8(2)9(3)11(7)13/h6,13-14H,4-5H2,1-3H3. The van der Waals surface area contributed by atoms with Crippen LogP contribution in [-0.2, 0) is 5.60 Å². The van der Waals surface area contributed by atoms with Crippen molar-refractivity contribution in [1.82, 2.24) is 0 Å². The predicted octanol–water partition coefficient (Wildman–Crippen LogP) is 2.30. The molecule has 1 aromatic carbocycles. The van der Waals surface area contributed by atoms with E-state index in [0.29, 0.717) is 5.75 Å². The molecule has 2 heteroatoms. The molecule has 14 heavy (non-hydrogen) atoms. The number of phenols is 1. The van der Waals surface area contributed by atoms with E-state index in [9.17, 15) is 10.2 Å². The van der Waals surface area contributed by atoms with Crippen LogP contribution in [0.3, 0.4) is 0 Å². The summed E-state index contributed by atoms with van der Waals surface area (Å²) in [5, 5.41) is 19.8. The van der Waals surface area contributed by atoms with E-state index in [4.69, 9.17) is 0 Å². The number of phenolic OH excluding ortho intramolecular Hbond substituents is 1. The zero-order valence-electron chi connectivity index (χ0n) is 8.89. The molecule has 0 atom stereocenters. The third-order valence-corrected chi connectivity index (χ3v) is 3.28. The van der Waals surface area contributed by atoms with Crippen LogP contribution < -0.4 is 0 Å². The molecule has 0 bridgehead atoms. The summed E-state index contributed by atoms with van der Waals surface area (Å²) in [7, 11) is 0. The molecule has 76 valence electrons. The lowest BCUT2D eigenvalue weighted by atomic mass is 9.94. The number of aromatic hydroxyl groups is 1. The largest absolute Gasteiger partial charge is 0.507 e. The summed E-state index contributed by atoms with van der Waals surface area (Å²) in [6, 6.07) is 1.91. The van der Waals surface area contributed by atoms with Gasteiger partial charge < -0.3 is 10.2 Å². The van der Waals surface area contributed by atoms with E-state index in [0.717, 1.165) is 35.1 Å². The maximum Gasteiger partial charge on any atom is 0.121 e. The average Bonchev–Trinajstić information content (AvgIpc) is 2.87. The minimum absolute atomic E-state index is 0.357. The molecular formula is C12H16O2. The molecule has 2 nitrogen and oxygen atoms in total. The molecule has 0 radical (unpaired) electrons. The third kappa shape index (κ3) is 1.22. The van der Waals surface area contributed by atoms with E-state index in [1.165, 1.54) is 0 Å². The summed E-state index contributed by atoms with van der Waals surface area (Å²) >= 11 is 0. The van der Waals surface area contributed by atoms with Crippen molar-refractivity contribution in [2.45, 2.75) is 39.2 Å². The summed E-state index contributed by atoms with van der Waals surface area (Å²) in [5.41, 5.74) is 3.15. The molecule has 2 N–H and O–H groups in total. The molecule has 1 aliphatic rings. The van der Waals surface area contributed by atoms with Gasteiger partial charge in [-0.3, -0.25) is 0 Å². The summed E-state index contributed by atoms with van der Waals surface area (Å²) in [6.45, 7) is 5.73. The smallest absolute Gasteiger partial charge is 0.121 e. The maximum atomic E-state index is 10.0. The number of aryl methyl sites for hydroxylation is 1. The Labute approximate surface area is 84.2 Å². The van der Waals surface area contributed by atoms with E-state index in [1.807, 2.05) is 26.8 Å². The van der Waals surface area contributed by atoms with Gasteiger partial charge in [-0.25, -0.2) is 0 Å². The minimum Gasteiger partial charge on any atom is -0.507 e. The first-order valence-corrected chi connectivity index (χ1v) is 4.98. The second kappa shape index (κ2) is 2.74. The van der Waals surface area contributed by atoms with Crippen LogP contribution >= 0.6 is 0 Å². The molecule has 0 aliphatic heterocycles. The number of rotatable bonds is 1. The Morgan fingerprint density at radius 3 is 2.21 bits per heavy atom. The van der Waals surface area contributed by atoms with Gasteiger partial charge in [0.1, 0.15) is 5.75 Å². The summed E-state index contributed by atoms with van der Waals surface area (Å²) in [4.78, 5) is 0. The van der Waals surface area contributed by atoms with Gasteiger partial charge in [0.05, 0.1) is 5.60 Å². The Kier molecular flexibility index (Phi) is 1.86. The molecule has 0 spiro atoms. The fourth-order valence-corrected chi connectivity index (χ4v) is 1.94. The van der Waals surface area contributed by atoms with Gasteiger partial charge in [0.2, 0.25) is 0 Å². The van der Waals surface area contributed by atoms with Gasteiger partial charge in [-0.05, 0) is 61.9 Å². The van der Waals surface area contributed by atoms with Crippen molar-refractivity contribution in [3.8, 4) is 5.75 Å². The van der Waals surface area contributed by atoms with E-state index in [1.54, 1.807) is 0 Å². The van der Waals surface area contributed by atoms with Gasteiger partial charge in [-0.15, -0.1) is 0 Å². The Balaban J connectivity index is 2.62. The second-order valence-corrected chi connectivity index (χ2v) is 4.37. The van der Waals surface area contributed by atoms with Crippen molar-refractivity contribution in [3.05, 3.63) is 28.3 Å². The molecule has 0 heterocycles. The first-order valence-electron chi connectivity index (χ1n) is 4.98. The molecule has 1 aromatic rings. The minimum atomic E-state index is -0.604. The Bertz CT molecular complexity index is 390. The number of hydrogen-bond acceptors (Lipinski definition) is 2. The second-order valence-electron chi connectivity index (χ2n) is 4.37. The van der Waals surface area contributed by atoms with E-state index in [-0.39, 0.29) is 0 Å². The summed E-state index contributed by atoms with van der Waals surface area (Å²) in [5.74, 6) is 0.357. The molecule has 0 unspecified atom stereocenters. The van der Waals surface area contributed by atoms with Gasteiger partial charge in [0.15, 0.2) is 0 Å². The molecule has 1 aliphatic carbocycles. The Morgan fingerprint density at radius 2 is 1.71 bits per heavy atom. The average molecular weight is 192 g/mol. The topological polar surface area (TPSA) is 40.5 Å². The molecule has 0 amide bonds. The number of aliphatic hydroxyl groups is 1. The van der Waals surface area contributed by atoms with E-state index >= 15 is 0 Å². The predicted molar refractivity (Wildman–Crippen MR) is 55.4 cm³/mol. The third-order valence-electron chi connectivity index (χ3n) is 3.28. The maximum absolute atomic E-state index is 10.0. The zero-order chi connectivity index (χ0) is 10.5. The van der Waals surface area contributed by atoms with Crippen molar-refractivity contribution in [1.29, 1.82) is 0 Å². The SMILES string of the molecule is Cc1cc(C2(O)CC2)c(C)c(C)c1O. The molecule has 1 saturated carbocycles. The quantitative estimate of drug-likeness (QED) is 0.716. The molecule has 2 rings (SSSR count). The monoisotopic (exact) mass is 192 g/mol. The van der Waals surface area contributed by atoms with Gasteiger partial charge in [0.25, 0.3) is 0 Å².